The van der Waals surface area contributed by atoms with E-state index in [4.69, 9.17) is 9.47 Å². The van der Waals surface area contributed by atoms with E-state index in [9.17, 15) is 13.2 Å². The minimum atomic E-state index is -2.94. The molecule has 0 saturated carbocycles. The number of carbonyl (C=O) groups excluding carboxylic acids is 1. The van der Waals surface area contributed by atoms with Gasteiger partial charge in [0.2, 0.25) is 0 Å². The molecular weight excluding hydrogens is 268 g/mol. The van der Waals surface area contributed by atoms with Crippen molar-refractivity contribution in [2.75, 3.05) is 25.2 Å². The molecule has 0 radical (unpaired) electrons. The molecule has 0 bridgehead atoms. The minimum absolute atomic E-state index is 0.105. The third kappa shape index (κ3) is 6.24. The monoisotopic (exact) mass is 286 g/mol. The summed E-state index contributed by atoms with van der Waals surface area (Å²) >= 11 is 0. The third-order valence-corrected chi connectivity index (χ3v) is 3.32. The number of sulfone groups is 1. The molecule has 0 aromatic heterocycles. The zero-order valence-corrected chi connectivity index (χ0v) is 11.9. The highest BCUT2D eigenvalue weighted by atomic mass is 32.2. The van der Waals surface area contributed by atoms with Gasteiger partial charge in [-0.1, -0.05) is 0 Å². The van der Waals surface area contributed by atoms with Gasteiger partial charge in [0, 0.05) is 6.26 Å². The maximum Gasteiger partial charge on any atom is 0.338 e. The van der Waals surface area contributed by atoms with E-state index in [1.165, 1.54) is 6.26 Å². The van der Waals surface area contributed by atoms with Crippen LogP contribution in [0.15, 0.2) is 24.3 Å². The Morgan fingerprint density at radius 3 is 2.37 bits per heavy atom. The summed E-state index contributed by atoms with van der Waals surface area (Å²) in [7, 11) is -2.94. The van der Waals surface area contributed by atoms with Crippen molar-refractivity contribution < 1.29 is 22.7 Å². The Morgan fingerprint density at radius 1 is 1.21 bits per heavy atom. The molecule has 106 valence electrons. The van der Waals surface area contributed by atoms with Crippen LogP contribution in [0.1, 0.15) is 23.7 Å². The molecule has 1 aromatic rings. The molecule has 0 N–H and O–H groups in total. The van der Waals surface area contributed by atoms with Crippen LogP contribution < -0.4 is 4.74 Å². The van der Waals surface area contributed by atoms with Crippen molar-refractivity contribution >= 4 is 15.8 Å². The molecule has 0 unspecified atom stereocenters. The molecule has 0 heterocycles. The van der Waals surface area contributed by atoms with Crippen molar-refractivity contribution in [3.63, 3.8) is 0 Å². The molecule has 0 aliphatic rings. The van der Waals surface area contributed by atoms with Crippen molar-refractivity contribution in [1.82, 2.24) is 0 Å². The second-order valence-electron chi connectivity index (χ2n) is 4.08. The van der Waals surface area contributed by atoms with Crippen molar-refractivity contribution in [3.8, 4) is 5.75 Å². The van der Waals surface area contributed by atoms with Crippen LogP contribution in [0.4, 0.5) is 0 Å². The fourth-order valence-electron chi connectivity index (χ4n) is 1.41. The number of esters is 1. The van der Waals surface area contributed by atoms with Gasteiger partial charge in [-0.3, -0.25) is 0 Å². The van der Waals surface area contributed by atoms with Gasteiger partial charge in [0.05, 0.1) is 24.5 Å². The third-order valence-electron chi connectivity index (χ3n) is 2.29. The predicted octanol–water partition coefficient (Wildman–Crippen LogP) is 1.68. The van der Waals surface area contributed by atoms with Crippen LogP contribution in [-0.2, 0) is 14.6 Å². The second kappa shape index (κ2) is 7.13. The molecular formula is C13H18O5S. The lowest BCUT2D eigenvalue weighted by molar-refractivity contribution is 0.0526. The van der Waals surface area contributed by atoms with Crippen molar-refractivity contribution in [3.05, 3.63) is 29.8 Å². The number of hydrogen-bond acceptors (Lipinski definition) is 5. The lowest BCUT2D eigenvalue weighted by Gasteiger charge is -2.06. The van der Waals surface area contributed by atoms with Crippen LogP contribution in [-0.4, -0.2) is 39.6 Å². The fraction of sp³-hybridized carbons (Fsp3) is 0.462. The van der Waals surface area contributed by atoms with E-state index < -0.39 is 9.84 Å². The molecule has 0 aliphatic heterocycles. The van der Waals surface area contributed by atoms with Gasteiger partial charge < -0.3 is 9.47 Å². The highest BCUT2D eigenvalue weighted by molar-refractivity contribution is 7.90. The van der Waals surface area contributed by atoms with Gasteiger partial charge in [-0.2, -0.15) is 0 Å². The fourth-order valence-corrected chi connectivity index (χ4v) is 2.06. The SMILES string of the molecule is CCOC(=O)c1ccc(OCCCS(C)(=O)=O)cc1. The van der Waals surface area contributed by atoms with Gasteiger partial charge >= 0.3 is 5.97 Å². The normalized spacial score (nSPS) is 11.1. The smallest absolute Gasteiger partial charge is 0.338 e. The summed E-state index contributed by atoms with van der Waals surface area (Å²) in [6.07, 6.45) is 1.64. The minimum Gasteiger partial charge on any atom is -0.494 e. The largest absolute Gasteiger partial charge is 0.494 e. The number of hydrogen-bond donors (Lipinski definition) is 0. The maximum absolute atomic E-state index is 11.4. The van der Waals surface area contributed by atoms with Gasteiger partial charge in [0.1, 0.15) is 15.6 Å². The standard InChI is InChI=1S/C13H18O5S/c1-3-17-13(14)11-5-7-12(8-6-11)18-9-4-10-19(2,15)16/h5-8H,3-4,9-10H2,1-2H3. The molecule has 1 rings (SSSR count). The summed E-state index contributed by atoms with van der Waals surface area (Å²) in [5, 5.41) is 0. The van der Waals surface area contributed by atoms with E-state index in [0.717, 1.165) is 0 Å². The Bertz CT molecular complexity index is 504. The van der Waals surface area contributed by atoms with E-state index in [-0.39, 0.29) is 11.7 Å². The summed E-state index contributed by atoms with van der Waals surface area (Å²) in [6.45, 7) is 2.41. The van der Waals surface area contributed by atoms with E-state index in [2.05, 4.69) is 0 Å². The Morgan fingerprint density at radius 2 is 1.84 bits per heavy atom. The van der Waals surface area contributed by atoms with Crippen LogP contribution in [0, 0.1) is 0 Å². The lowest BCUT2D eigenvalue weighted by Crippen LogP contribution is -2.08. The molecule has 0 fully saturated rings. The summed E-state index contributed by atoms with van der Waals surface area (Å²) in [5.74, 6) is 0.334. The highest BCUT2D eigenvalue weighted by Crippen LogP contribution is 2.13. The highest BCUT2D eigenvalue weighted by Gasteiger charge is 2.06. The van der Waals surface area contributed by atoms with Gasteiger partial charge in [-0.25, -0.2) is 13.2 Å². The molecule has 1 aromatic carbocycles. The zero-order chi connectivity index (χ0) is 14.3. The number of benzene rings is 1. The molecule has 6 heteroatoms. The quantitative estimate of drug-likeness (QED) is 0.563. The van der Waals surface area contributed by atoms with Crippen LogP contribution in [0.2, 0.25) is 0 Å². The Balaban J connectivity index is 2.42. The van der Waals surface area contributed by atoms with Crippen LogP contribution in [0.5, 0.6) is 5.75 Å². The van der Waals surface area contributed by atoms with Crippen molar-refractivity contribution in [2.45, 2.75) is 13.3 Å². The molecule has 0 aliphatic carbocycles. The summed E-state index contributed by atoms with van der Waals surface area (Å²) in [6, 6.07) is 6.55. The Kier molecular flexibility index (Phi) is 5.82. The number of rotatable bonds is 7. The summed E-state index contributed by atoms with van der Waals surface area (Å²) < 4.78 is 32.1. The first-order valence-electron chi connectivity index (χ1n) is 6.00. The van der Waals surface area contributed by atoms with Gasteiger partial charge in [-0.05, 0) is 37.6 Å². The maximum atomic E-state index is 11.4. The average molecular weight is 286 g/mol. The van der Waals surface area contributed by atoms with E-state index >= 15 is 0 Å². The molecule has 5 nitrogen and oxygen atoms in total. The second-order valence-corrected chi connectivity index (χ2v) is 6.34. The van der Waals surface area contributed by atoms with Crippen molar-refractivity contribution in [1.29, 1.82) is 0 Å². The van der Waals surface area contributed by atoms with Crippen LogP contribution >= 0.6 is 0 Å². The van der Waals surface area contributed by atoms with E-state index in [0.29, 0.717) is 30.9 Å². The molecule has 0 amide bonds. The summed E-state index contributed by atoms with van der Waals surface area (Å²) in [5.41, 5.74) is 0.463. The Hall–Kier alpha value is -1.56. The first-order valence-corrected chi connectivity index (χ1v) is 8.06. The zero-order valence-electron chi connectivity index (χ0n) is 11.1. The van der Waals surface area contributed by atoms with Gasteiger partial charge in [0.15, 0.2) is 0 Å². The van der Waals surface area contributed by atoms with Crippen LogP contribution in [0.3, 0.4) is 0 Å². The molecule has 19 heavy (non-hydrogen) atoms. The average Bonchev–Trinajstić information content (AvgIpc) is 2.34. The van der Waals surface area contributed by atoms with Crippen molar-refractivity contribution in [2.24, 2.45) is 0 Å². The van der Waals surface area contributed by atoms with Gasteiger partial charge in [-0.15, -0.1) is 0 Å². The lowest BCUT2D eigenvalue weighted by atomic mass is 10.2. The topological polar surface area (TPSA) is 69.7 Å². The molecule has 0 saturated heterocycles. The van der Waals surface area contributed by atoms with E-state index in [1.807, 2.05) is 0 Å². The first kappa shape index (κ1) is 15.5. The first-order chi connectivity index (χ1) is 8.92. The molecule has 0 spiro atoms. The van der Waals surface area contributed by atoms with Crippen LogP contribution in [0.25, 0.3) is 0 Å². The molecule has 0 atom stereocenters. The Labute approximate surface area is 113 Å². The predicted molar refractivity (Wildman–Crippen MR) is 72.2 cm³/mol. The summed E-state index contributed by atoms with van der Waals surface area (Å²) in [4.78, 5) is 11.4. The van der Waals surface area contributed by atoms with E-state index in [1.54, 1.807) is 31.2 Å². The number of ether oxygens (including phenoxy) is 2. The van der Waals surface area contributed by atoms with Gasteiger partial charge in [0.25, 0.3) is 0 Å². The number of carbonyl (C=O) groups is 1.